The van der Waals surface area contributed by atoms with Gasteiger partial charge in [0, 0.05) is 22.7 Å². The van der Waals surface area contributed by atoms with Gasteiger partial charge in [0.2, 0.25) is 15.9 Å². The number of nitrogens with zero attached hydrogens (tertiary/aromatic N) is 2. The summed E-state index contributed by atoms with van der Waals surface area (Å²) in [6.45, 7) is 3.93. The topological polar surface area (TPSA) is 57.7 Å². The SMILES string of the molecule is Cc1ccc(S(=O)(=O)N(CCc2ccccc2)CC(=O)N2c3ccc(Br)cc3C[C@@H]2C)cc1. The van der Waals surface area contributed by atoms with Crippen LogP contribution in [0.25, 0.3) is 0 Å². The normalized spacial score (nSPS) is 15.6. The summed E-state index contributed by atoms with van der Waals surface area (Å²) in [5.41, 5.74) is 3.95. The molecule has 5 nitrogen and oxygen atoms in total. The standard InChI is InChI=1S/C26H27BrN2O3S/c1-19-8-11-24(12-9-19)33(31,32)28(15-14-21-6-4-3-5-7-21)18-26(30)29-20(2)16-22-17-23(27)10-13-25(22)29/h3-13,17,20H,14-16,18H2,1-2H3/t20-/m0/s1. The molecule has 0 saturated carbocycles. The molecule has 0 aliphatic carbocycles. The number of aryl methyl sites for hydroxylation is 1. The first kappa shape index (κ1) is 23.7. The fourth-order valence-corrected chi connectivity index (χ4v) is 6.05. The number of anilines is 1. The van der Waals surface area contributed by atoms with Gasteiger partial charge in [-0.1, -0.05) is 64.0 Å². The third-order valence-corrected chi connectivity index (χ3v) is 8.34. The van der Waals surface area contributed by atoms with Crippen LogP contribution in [-0.2, 0) is 27.7 Å². The lowest BCUT2D eigenvalue weighted by molar-refractivity contribution is -0.119. The maximum absolute atomic E-state index is 13.5. The first-order valence-corrected chi connectivity index (χ1v) is 13.2. The van der Waals surface area contributed by atoms with Crippen molar-refractivity contribution >= 4 is 37.5 Å². The van der Waals surface area contributed by atoms with Crippen molar-refractivity contribution in [2.45, 2.75) is 37.6 Å². The van der Waals surface area contributed by atoms with E-state index in [1.807, 2.05) is 62.4 Å². The smallest absolute Gasteiger partial charge is 0.243 e. The molecule has 0 saturated heterocycles. The summed E-state index contributed by atoms with van der Waals surface area (Å²) in [4.78, 5) is 15.4. The molecule has 0 N–H and O–H groups in total. The third kappa shape index (κ3) is 5.21. The number of carbonyl (C=O) groups is 1. The highest BCUT2D eigenvalue weighted by molar-refractivity contribution is 9.10. The van der Waals surface area contributed by atoms with E-state index < -0.39 is 10.0 Å². The lowest BCUT2D eigenvalue weighted by Crippen LogP contribution is -2.45. The van der Waals surface area contributed by atoms with Crippen molar-refractivity contribution in [2.24, 2.45) is 0 Å². The van der Waals surface area contributed by atoms with Crippen molar-refractivity contribution in [3.05, 3.63) is 94.0 Å². The molecule has 172 valence electrons. The van der Waals surface area contributed by atoms with E-state index in [0.29, 0.717) is 6.42 Å². The Labute approximate surface area is 204 Å². The monoisotopic (exact) mass is 526 g/mol. The van der Waals surface area contributed by atoms with Gasteiger partial charge < -0.3 is 4.90 Å². The third-order valence-electron chi connectivity index (χ3n) is 5.99. The van der Waals surface area contributed by atoms with Crippen LogP contribution in [0.5, 0.6) is 0 Å². The molecular weight excluding hydrogens is 500 g/mol. The zero-order valence-corrected chi connectivity index (χ0v) is 21.1. The number of hydrogen-bond donors (Lipinski definition) is 0. The maximum atomic E-state index is 13.5. The predicted octanol–water partition coefficient (Wildman–Crippen LogP) is 4.97. The molecule has 4 rings (SSSR count). The van der Waals surface area contributed by atoms with Crippen LogP contribution in [-0.4, -0.2) is 37.8 Å². The van der Waals surface area contributed by atoms with E-state index in [1.165, 1.54) is 4.31 Å². The van der Waals surface area contributed by atoms with Crippen LogP contribution in [0.15, 0.2) is 82.2 Å². The van der Waals surface area contributed by atoms with Crippen molar-refractivity contribution < 1.29 is 13.2 Å². The molecule has 0 bridgehead atoms. The fraction of sp³-hybridized carbons (Fsp3) is 0.269. The van der Waals surface area contributed by atoms with Crippen LogP contribution < -0.4 is 4.90 Å². The Balaban J connectivity index is 1.62. The van der Waals surface area contributed by atoms with Gasteiger partial charge in [0.15, 0.2) is 0 Å². The molecule has 0 radical (unpaired) electrons. The molecule has 0 unspecified atom stereocenters. The van der Waals surface area contributed by atoms with Crippen molar-refractivity contribution in [3.8, 4) is 0 Å². The van der Waals surface area contributed by atoms with Gasteiger partial charge >= 0.3 is 0 Å². The van der Waals surface area contributed by atoms with Gasteiger partial charge in [-0.05, 0) is 68.1 Å². The second-order valence-electron chi connectivity index (χ2n) is 8.48. The minimum absolute atomic E-state index is 0.0279. The van der Waals surface area contributed by atoms with E-state index >= 15 is 0 Å². The van der Waals surface area contributed by atoms with E-state index in [-0.39, 0.29) is 29.9 Å². The molecule has 0 fully saturated rings. The van der Waals surface area contributed by atoms with Gasteiger partial charge in [0.1, 0.15) is 0 Å². The Morgan fingerprint density at radius 2 is 1.76 bits per heavy atom. The summed E-state index contributed by atoms with van der Waals surface area (Å²) in [5.74, 6) is -0.215. The van der Waals surface area contributed by atoms with E-state index in [0.717, 1.165) is 33.3 Å². The Bertz CT molecular complexity index is 1240. The molecule has 1 atom stereocenters. The molecule has 3 aromatic carbocycles. The minimum Gasteiger partial charge on any atom is -0.308 e. The molecule has 1 aliphatic heterocycles. The molecule has 7 heteroatoms. The summed E-state index contributed by atoms with van der Waals surface area (Å²) in [5, 5.41) is 0. The van der Waals surface area contributed by atoms with Gasteiger partial charge in [0.25, 0.3) is 0 Å². The number of hydrogen-bond acceptors (Lipinski definition) is 3. The average Bonchev–Trinajstić information content (AvgIpc) is 3.12. The number of benzene rings is 3. The Hall–Kier alpha value is -2.48. The number of fused-ring (bicyclic) bond motifs is 1. The van der Waals surface area contributed by atoms with Crippen LogP contribution in [0.1, 0.15) is 23.6 Å². The molecular formula is C26H27BrN2O3S. The zero-order chi connectivity index (χ0) is 23.6. The molecule has 1 aliphatic rings. The number of amides is 1. The molecule has 1 amide bonds. The molecule has 3 aromatic rings. The van der Waals surface area contributed by atoms with Crippen LogP contribution in [0.2, 0.25) is 0 Å². The lowest BCUT2D eigenvalue weighted by atomic mass is 10.1. The highest BCUT2D eigenvalue weighted by Crippen LogP contribution is 2.34. The highest BCUT2D eigenvalue weighted by Gasteiger charge is 2.34. The van der Waals surface area contributed by atoms with Gasteiger partial charge in [-0.25, -0.2) is 8.42 Å². The maximum Gasteiger partial charge on any atom is 0.243 e. The molecule has 1 heterocycles. The fourth-order valence-electron chi connectivity index (χ4n) is 4.25. The van der Waals surface area contributed by atoms with Crippen LogP contribution in [0.4, 0.5) is 5.69 Å². The summed E-state index contributed by atoms with van der Waals surface area (Å²) >= 11 is 3.49. The van der Waals surface area contributed by atoms with Crippen molar-refractivity contribution in [1.82, 2.24) is 4.31 Å². The number of rotatable bonds is 7. The second-order valence-corrected chi connectivity index (χ2v) is 11.3. The quantitative estimate of drug-likeness (QED) is 0.436. The summed E-state index contributed by atoms with van der Waals surface area (Å²) < 4.78 is 29.4. The van der Waals surface area contributed by atoms with Crippen LogP contribution in [0, 0.1) is 6.92 Å². The van der Waals surface area contributed by atoms with E-state index in [2.05, 4.69) is 15.9 Å². The summed E-state index contributed by atoms with van der Waals surface area (Å²) in [6, 6.07) is 22.3. The highest BCUT2D eigenvalue weighted by atomic mass is 79.9. The van der Waals surface area contributed by atoms with E-state index in [9.17, 15) is 13.2 Å². The molecule has 0 aromatic heterocycles. The number of sulfonamides is 1. The van der Waals surface area contributed by atoms with Crippen LogP contribution >= 0.6 is 15.9 Å². The molecule has 0 spiro atoms. The predicted molar refractivity (Wildman–Crippen MR) is 135 cm³/mol. The van der Waals surface area contributed by atoms with Gasteiger partial charge in [-0.15, -0.1) is 0 Å². The summed E-state index contributed by atoms with van der Waals surface area (Å²) in [7, 11) is -3.84. The lowest BCUT2D eigenvalue weighted by Gasteiger charge is -2.27. The number of halogens is 1. The Kier molecular flexibility index (Phi) is 7.02. The average molecular weight is 527 g/mol. The van der Waals surface area contributed by atoms with Crippen molar-refractivity contribution in [1.29, 1.82) is 0 Å². The van der Waals surface area contributed by atoms with E-state index in [4.69, 9.17) is 0 Å². The number of carbonyl (C=O) groups excluding carboxylic acids is 1. The zero-order valence-electron chi connectivity index (χ0n) is 18.7. The van der Waals surface area contributed by atoms with Crippen molar-refractivity contribution in [2.75, 3.05) is 18.0 Å². The Morgan fingerprint density at radius 1 is 1.06 bits per heavy atom. The van der Waals surface area contributed by atoms with E-state index in [1.54, 1.807) is 29.2 Å². The van der Waals surface area contributed by atoms with Gasteiger partial charge in [0.05, 0.1) is 11.4 Å². The van der Waals surface area contributed by atoms with Gasteiger partial charge in [-0.2, -0.15) is 4.31 Å². The molecule has 33 heavy (non-hydrogen) atoms. The Morgan fingerprint density at radius 3 is 2.45 bits per heavy atom. The van der Waals surface area contributed by atoms with Gasteiger partial charge in [-0.3, -0.25) is 4.79 Å². The van der Waals surface area contributed by atoms with Crippen molar-refractivity contribution in [3.63, 3.8) is 0 Å². The first-order valence-electron chi connectivity index (χ1n) is 11.0. The largest absolute Gasteiger partial charge is 0.308 e. The van der Waals surface area contributed by atoms with Crippen LogP contribution in [0.3, 0.4) is 0 Å². The minimum atomic E-state index is -3.84. The first-order chi connectivity index (χ1) is 15.8. The summed E-state index contributed by atoms with van der Waals surface area (Å²) in [6.07, 6.45) is 1.27. The second kappa shape index (κ2) is 9.79.